The zero-order valence-corrected chi connectivity index (χ0v) is 16.0. The highest BCUT2D eigenvalue weighted by Crippen LogP contribution is 2.29. The van der Waals surface area contributed by atoms with Crippen LogP contribution in [-0.4, -0.2) is 60.0 Å². The number of nitrogens with zero attached hydrogens (tertiary/aromatic N) is 5. The standard InChI is InChI=1S/C20H23N7O2/c28-7-8-29-15-4-2-14(3-5-15)24-20-22-10-17-16(9-21-19(17)25-20)13-1-6-18-26-23-12-27(18)11-13/h1,6,9-12,14-15,28H,2-5,7-8H2,(H2,21,22,24,25)/t14-,15-. The van der Waals surface area contributed by atoms with Gasteiger partial charge in [0.25, 0.3) is 0 Å². The third kappa shape index (κ3) is 3.66. The molecule has 4 aromatic rings. The smallest absolute Gasteiger partial charge is 0.224 e. The van der Waals surface area contributed by atoms with Crippen molar-refractivity contribution in [2.45, 2.75) is 37.8 Å². The zero-order valence-electron chi connectivity index (χ0n) is 16.0. The number of H-pyrrole nitrogens is 1. The fraction of sp³-hybridized carbons (Fsp3) is 0.400. The summed E-state index contributed by atoms with van der Waals surface area (Å²) in [7, 11) is 0. The molecule has 0 amide bonds. The van der Waals surface area contributed by atoms with Crippen LogP contribution in [0.15, 0.2) is 37.1 Å². The van der Waals surface area contributed by atoms with Crippen LogP contribution in [0.25, 0.3) is 27.8 Å². The van der Waals surface area contributed by atoms with E-state index in [-0.39, 0.29) is 12.7 Å². The number of pyridine rings is 1. The van der Waals surface area contributed by atoms with Gasteiger partial charge in [-0.2, -0.15) is 4.98 Å². The fourth-order valence-corrected chi connectivity index (χ4v) is 3.98. The van der Waals surface area contributed by atoms with E-state index < -0.39 is 0 Å². The molecule has 1 fully saturated rings. The van der Waals surface area contributed by atoms with Crippen molar-refractivity contribution in [3.63, 3.8) is 0 Å². The number of hydrogen-bond donors (Lipinski definition) is 3. The predicted octanol–water partition coefficient (Wildman–Crippen LogP) is 2.40. The first-order chi connectivity index (χ1) is 14.3. The molecule has 9 nitrogen and oxygen atoms in total. The van der Waals surface area contributed by atoms with Gasteiger partial charge in [-0.3, -0.25) is 4.40 Å². The summed E-state index contributed by atoms with van der Waals surface area (Å²) < 4.78 is 7.53. The molecule has 4 heterocycles. The Balaban J connectivity index is 1.30. The van der Waals surface area contributed by atoms with Crippen LogP contribution in [0.1, 0.15) is 25.7 Å². The second-order valence-corrected chi connectivity index (χ2v) is 7.38. The molecule has 3 N–H and O–H groups in total. The molecule has 0 atom stereocenters. The van der Waals surface area contributed by atoms with Gasteiger partial charge in [0.05, 0.1) is 19.3 Å². The largest absolute Gasteiger partial charge is 0.394 e. The van der Waals surface area contributed by atoms with Gasteiger partial charge in [0.2, 0.25) is 5.95 Å². The molecule has 0 radical (unpaired) electrons. The predicted molar refractivity (Wildman–Crippen MR) is 109 cm³/mol. The second-order valence-electron chi connectivity index (χ2n) is 7.38. The molecule has 29 heavy (non-hydrogen) atoms. The third-order valence-electron chi connectivity index (χ3n) is 5.49. The summed E-state index contributed by atoms with van der Waals surface area (Å²) in [6, 6.07) is 4.31. The Morgan fingerprint density at radius 1 is 1.24 bits per heavy atom. The van der Waals surface area contributed by atoms with Gasteiger partial charge in [-0.25, -0.2) is 4.98 Å². The second kappa shape index (κ2) is 7.76. The highest BCUT2D eigenvalue weighted by molar-refractivity contribution is 5.93. The van der Waals surface area contributed by atoms with Crippen molar-refractivity contribution >= 4 is 22.6 Å². The molecule has 1 aliphatic rings. The van der Waals surface area contributed by atoms with Crippen molar-refractivity contribution in [2.75, 3.05) is 18.5 Å². The molecule has 150 valence electrons. The van der Waals surface area contributed by atoms with Gasteiger partial charge in [-0.1, -0.05) is 0 Å². The average Bonchev–Trinajstić information content (AvgIpc) is 3.39. The number of rotatable bonds is 6. The summed E-state index contributed by atoms with van der Waals surface area (Å²) in [4.78, 5) is 12.5. The highest BCUT2D eigenvalue weighted by atomic mass is 16.5. The number of aliphatic hydroxyl groups excluding tert-OH is 1. The summed E-state index contributed by atoms with van der Waals surface area (Å²) in [5.41, 5.74) is 3.71. The van der Waals surface area contributed by atoms with Gasteiger partial charge in [-0.05, 0) is 37.8 Å². The lowest BCUT2D eigenvalue weighted by molar-refractivity contribution is 0.00719. The van der Waals surface area contributed by atoms with Crippen LogP contribution in [-0.2, 0) is 4.74 Å². The zero-order chi connectivity index (χ0) is 19.6. The van der Waals surface area contributed by atoms with Gasteiger partial charge < -0.3 is 20.1 Å². The Hall–Kier alpha value is -3.04. The monoisotopic (exact) mass is 393 g/mol. The summed E-state index contributed by atoms with van der Waals surface area (Å²) >= 11 is 0. The van der Waals surface area contributed by atoms with E-state index in [0.29, 0.717) is 18.6 Å². The maximum Gasteiger partial charge on any atom is 0.224 e. The van der Waals surface area contributed by atoms with E-state index in [2.05, 4.69) is 30.5 Å². The molecule has 0 spiro atoms. The molecule has 5 rings (SSSR count). The van der Waals surface area contributed by atoms with Crippen LogP contribution >= 0.6 is 0 Å². The number of nitrogens with one attached hydrogen (secondary N) is 2. The number of ether oxygens (including phenoxy) is 1. The Morgan fingerprint density at radius 3 is 3.00 bits per heavy atom. The van der Waals surface area contributed by atoms with E-state index >= 15 is 0 Å². The van der Waals surface area contributed by atoms with Crippen LogP contribution < -0.4 is 5.32 Å². The lowest BCUT2D eigenvalue weighted by Gasteiger charge is -2.28. The molecule has 0 bridgehead atoms. The summed E-state index contributed by atoms with van der Waals surface area (Å²) in [6.45, 7) is 0.499. The minimum atomic E-state index is 0.0806. The van der Waals surface area contributed by atoms with Crippen molar-refractivity contribution in [2.24, 2.45) is 0 Å². The van der Waals surface area contributed by atoms with Crippen LogP contribution in [0.3, 0.4) is 0 Å². The van der Waals surface area contributed by atoms with Gasteiger partial charge >= 0.3 is 0 Å². The van der Waals surface area contributed by atoms with Gasteiger partial charge in [0.15, 0.2) is 5.65 Å². The summed E-state index contributed by atoms with van der Waals surface area (Å²) in [5.74, 6) is 0.639. The molecule has 4 aromatic heterocycles. The number of aliphatic hydroxyl groups is 1. The molecule has 0 saturated heterocycles. The maximum atomic E-state index is 8.88. The SMILES string of the molecule is OCCO[C@H]1CC[C@H](Nc2ncc3c(-c4ccc5nncn5c4)c[nH]c3n2)CC1. The normalized spacial score (nSPS) is 19.8. The van der Waals surface area contributed by atoms with E-state index in [9.17, 15) is 0 Å². The molecule has 1 aliphatic carbocycles. The maximum absolute atomic E-state index is 8.88. The third-order valence-corrected chi connectivity index (χ3v) is 5.49. The molecular formula is C20H23N7O2. The van der Waals surface area contributed by atoms with Gasteiger partial charge in [0.1, 0.15) is 12.0 Å². The van der Waals surface area contributed by atoms with E-state index in [1.54, 1.807) is 6.33 Å². The molecular weight excluding hydrogens is 370 g/mol. The van der Waals surface area contributed by atoms with Crippen molar-refractivity contribution < 1.29 is 9.84 Å². The fourth-order valence-electron chi connectivity index (χ4n) is 3.98. The number of aromatic amines is 1. The Bertz CT molecular complexity index is 1110. The van der Waals surface area contributed by atoms with Crippen molar-refractivity contribution in [3.8, 4) is 11.1 Å². The summed E-state index contributed by atoms with van der Waals surface area (Å²) in [5, 5.41) is 21.3. The van der Waals surface area contributed by atoms with Gasteiger partial charge in [-0.15, -0.1) is 10.2 Å². The van der Waals surface area contributed by atoms with E-state index in [0.717, 1.165) is 53.5 Å². The minimum Gasteiger partial charge on any atom is -0.394 e. The first-order valence-electron chi connectivity index (χ1n) is 9.93. The minimum absolute atomic E-state index is 0.0806. The van der Waals surface area contributed by atoms with E-state index in [1.165, 1.54) is 0 Å². The summed E-state index contributed by atoms with van der Waals surface area (Å²) in [6.07, 6.45) is 11.7. The molecule has 9 heteroatoms. The lowest BCUT2D eigenvalue weighted by Crippen LogP contribution is -2.30. The lowest BCUT2D eigenvalue weighted by atomic mass is 9.93. The Morgan fingerprint density at radius 2 is 2.14 bits per heavy atom. The van der Waals surface area contributed by atoms with Crippen molar-refractivity contribution in [1.82, 2.24) is 29.5 Å². The average molecular weight is 393 g/mol. The number of aromatic nitrogens is 6. The Labute approximate surface area is 167 Å². The number of fused-ring (bicyclic) bond motifs is 2. The topological polar surface area (TPSA) is 113 Å². The van der Waals surface area contributed by atoms with Crippen LogP contribution in [0.5, 0.6) is 0 Å². The molecule has 0 aromatic carbocycles. The number of anilines is 1. The van der Waals surface area contributed by atoms with Crippen LogP contribution in [0.4, 0.5) is 5.95 Å². The molecule has 0 aliphatic heterocycles. The highest BCUT2D eigenvalue weighted by Gasteiger charge is 2.22. The first kappa shape index (κ1) is 18.0. The number of hydrogen-bond acceptors (Lipinski definition) is 7. The Kier molecular flexibility index (Phi) is 4.82. The van der Waals surface area contributed by atoms with Crippen LogP contribution in [0, 0.1) is 0 Å². The van der Waals surface area contributed by atoms with Gasteiger partial charge in [0, 0.05) is 41.1 Å². The molecule has 1 saturated carbocycles. The van der Waals surface area contributed by atoms with Crippen LogP contribution in [0.2, 0.25) is 0 Å². The van der Waals surface area contributed by atoms with Crippen molar-refractivity contribution in [1.29, 1.82) is 0 Å². The quantitative estimate of drug-likeness (QED) is 0.461. The van der Waals surface area contributed by atoms with E-state index in [4.69, 9.17) is 9.84 Å². The first-order valence-corrected chi connectivity index (χ1v) is 9.93. The molecule has 0 unspecified atom stereocenters. The van der Waals surface area contributed by atoms with Crippen molar-refractivity contribution in [3.05, 3.63) is 37.1 Å². The van der Waals surface area contributed by atoms with E-state index in [1.807, 2.05) is 35.1 Å².